The average Bonchev–Trinajstić information content (AvgIpc) is 2.35. The van der Waals surface area contributed by atoms with Gasteiger partial charge in [-0.25, -0.2) is 8.78 Å². The van der Waals surface area contributed by atoms with Crippen LogP contribution in [0.2, 0.25) is 0 Å². The number of hydrogen-bond acceptors (Lipinski definition) is 2. The molecule has 17 heavy (non-hydrogen) atoms. The van der Waals surface area contributed by atoms with Gasteiger partial charge >= 0.3 is 0 Å². The van der Waals surface area contributed by atoms with Crippen molar-refractivity contribution in [2.75, 3.05) is 5.32 Å². The van der Waals surface area contributed by atoms with Gasteiger partial charge in [-0.15, -0.1) is 0 Å². The Labute approximate surface area is 100 Å². The fourth-order valence-corrected chi connectivity index (χ4v) is 2.33. The smallest absolute Gasteiger partial charge is 0.149 e. The Bertz CT molecular complexity index is 364. The summed E-state index contributed by atoms with van der Waals surface area (Å²) in [6.07, 6.45) is 5.44. The summed E-state index contributed by atoms with van der Waals surface area (Å²) in [5.74, 6) is -1.09. The van der Waals surface area contributed by atoms with Crippen molar-refractivity contribution in [2.24, 2.45) is 5.73 Å². The highest BCUT2D eigenvalue weighted by molar-refractivity contribution is 5.48. The van der Waals surface area contributed by atoms with Crippen LogP contribution in [0.5, 0.6) is 0 Å². The van der Waals surface area contributed by atoms with E-state index in [1.54, 1.807) is 0 Å². The Morgan fingerprint density at radius 1 is 1.12 bits per heavy atom. The van der Waals surface area contributed by atoms with Crippen molar-refractivity contribution in [3.8, 4) is 0 Å². The van der Waals surface area contributed by atoms with Gasteiger partial charge in [0, 0.05) is 12.6 Å². The third-order valence-electron chi connectivity index (χ3n) is 3.29. The number of nitrogens with two attached hydrogens (primary N) is 1. The van der Waals surface area contributed by atoms with E-state index in [0.717, 1.165) is 25.7 Å². The molecular weight excluding hydrogens is 222 g/mol. The van der Waals surface area contributed by atoms with Gasteiger partial charge in [0.1, 0.15) is 17.3 Å². The molecule has 0 spiro atoms. The number of benzene rings is 1. The Kier molecular flexibility index (Phi) is 3.94. The maximum Gasteiger partial charge on any atom is 0.149 e. The van der Waals surface area contributed by atoms with E-state index in [4.69, 9.17) is 5.73 Å². The fourth-order valence-electron chi connectivity index (χ4n) is 2.33. The zero-order valence-corrected chi connectivity index (χ0v) is 9.81. The molecule has 0 radical (unpaired) electrons. The highest BCUT2D eigenvalue weighted by Crippen LogP contribution is 2.26. The normalized spacial score (nSPS) is 17.1. The van der Waals surface area contributed by atoms with Gasteiger partial charge in [0.2, 0.25) is 0 Å². The molecule has 1 aromatic rings. The third kappa shape index (κ3) is 2.94. The molecule has 0 amide bonds. The van der Waals surface area contributed by atoms with E-state index in [2.05, 4.69) is 5.32 Å². The molecule has 1 aromatic carbocycles. The van der Waals surface area contributed by atoms with Crippen LogP contribution in [-0.2, 0) is 6.54 Å². The van der Waals surface area contributed by atoms with E-state index in [-0.39, 0.29) is 18.3 Å². The summed E-state index contributed by atoms with van der Waals surface area (Å²) in [7, 11) is 0. The number of anilines is 1. The summed E-state index contributed by atoms with van der Waals surface area (Å²) in [6.45, 7) is 0.150. The van der Waals surface area contributed by atoms with Crippen LogP contribution in [0.1, 0.15) is 37.7 Å². The Hall–Kier alpha value is -1.16. The van der Waals surface area contributed by atoms with Crippen LogP contribution in [0.3, 0.4) is 0 Å². The second kappa shape index (κ2) is 5.45. The molecule has 1 aliphatic carbocycles. The highest BCUT2D eigenvalue weighted by atomic mass is 19.1. The largest absolute Gasteiger partial charge is 0.378 e. The highest BCUT2D eigenvalue weighted by Gasteiger charge is 2.17. The van der Waals surface area contributed by atoms with Crippen LogP contribution in [0.15, 0.2) is 12.1 Å². The Morgan fingerprint density at radius 3 is 2.24 bits per heavy atom. The van der Waals surface area contributed by atoms with Crippen molar-refractivity contribution in [2.45, 2.75) is 44.7 Å². The molecule has 1 aliphatic rings. The monoisotopic (exact) mass is 240 g/mol. The van der Waals surface area contributed by atoms with Gasteiger partial charge in [0.05, 0.1) is 0 Å². The number of halogens is 2. The van der Waals surface area contributed by atoms with Crippen LogP contribution in [0, 0.1) is 11.6 Å². The van der Waals surface area contributed by atoms with E-state index in [0.29, 0.717) is 5.56 Å². The fraction of sp³-hybridized carbons (Fsp3) is 0.538. The molecular formula is C13H18F2N2. The minimum atomic E-state index is -0.545. The van der Waals surface area contributed by atoms with Crippen LogP contribution in [0.4, 0.5) is 14.5 Å². The molecule has 3 N–H and O–H groups in total. The molecule has 0 heterocycles. The molecule has 2 nitrogen and oxygen atoms in total. The van der Waals surface area contributed by atoms with Gasteiger partial charge < -0.3 is 11.1 Å². The molecule has 0 aromatic heterocycles. The van der Waals surface area contributed by atoms with E-state index >= 15 is 0 Å². The lowest BCUT2D eigenvalue weighted by atomic mass is 9.95. The molecule has 4 heteroatoms. The standard InChI is InChI=1S/C13H18F2N2/c14-11-6-9(8-16)7-12(15)13(11)17-10-4-2-1-3-5-10/h6-7,10,17H,1-5,8,16H2. The lowest BCUT2D eigenvalue weighted by molar-refractivity contribution is 0.457. The summed E-state index contributed by atoms with van der Waals surface area (Å²) in [5, 5.41) is 2.98. The summed E-state index contributed by atoms with van der Waals surface area (Å²) in [4.78, 5) is 0. The lowest BCUT2D eigenvalue weighted by Crippen LogP contribution is -2.23. The van der Waals surface area contributed by atoms with Gasteiger partial charge in [-0.05, 0) is 30.5 Å². The summed E-state index contributed by atoms with van der Waals surface area (Å²) < 4.78 is 27.4. The maximum atomic E-state index is 13.7. The lowest BCUT2D eigenvalue weighted by Gasteiger charge is -2.24. The van der Waals surface area contributed by atoms with Gasteiger partial charge in [-0.2, -0.15) is 0 Å². The van der Waals surface area contributed by atoms with Crippen LogP contribution in [-0.4, -0.2) is 6.04 Å². The summed E-state index contributed by atoms with van der Waals surface area (Å²) >= 11 is 0. The zero-order valence-electron chi connectivity index (χ0n) is 9.81. The van der Waals surface area contributed by atoms with Gasteiger partial charge in [0.15, 0.2) is 0 Å². The van der Waals surface area contributed by atoms with Gasteiger partial charge in [0.25, 0.3) is 0 Å². The molecule has 0 bridgehead atoms. The van der Waals surface area contributed by atoms with Crippen molar-refractivity contribution in [1.82, 2.24) is 0 Å². The van der Waals surface area contributed by atoms with Crippen molar-refractivity contribution < 1.29 is 8.78 Å². The zero-order chi connectivity index (χ0) is 12.3. The number of hydrogen-bond donors (Lipinski definition) is 2. The van der Waals surface area contributed by atoms with Gasteiger partial charge in [-0.3, -0.25) is 0 Å². The number of rotatable bonds is 3. The minimum Gasteiger partial charge on any atom is -0.378 e. The Morgan fingerprint density at radius 2 is 1.71 bits per heavy atom. The van der Waals surface area contributed by atoms with Crippen molar-refractivity contribution in [3.63, 3.8) is 0 Å². The van der Waals surface area contributed by atoms with Crippen LogP contribution < -0.4 is 11.1 Å². The summed E-state index contributed by atoms with van der Waals surface area (Å²) in [5.41, 5.74) is 5.84. The minimum absolute atomic E-state index is 0.00546. The van der Waals surface area contributed by atoms with Crippen molar-refractivity contribution in [1.29, 1.82) is 0 Å². The van der Waals surface area contributed by atoms with E-state index < -0.39 is 11.6 Å². The predicted octanol–water partition coefficient (Wildman–Crippen LogP) is 3.17. The van der Waals surface area contributed by atoms with Crippen LogP contribution in [0.25, 0.3) is 0 Å². The van der Waals surface area contributed by atoms with Crippen molar-refractivity contribution in [3.05, 3.63) is 29.3 Å². The molecule has 0 aliphatic heterocycles. The molecule has 0 saturated heterocycles. The quantitative estimate of drug-likeness (QED) is 0.851. The van der Waals surface area contributed by atoms with E-state index in [1.807, 2.05) is 0 Å². The van der Waals surface area contributed by atoms with Gasteiger partial charge in [-0.1, -0.05) is 19.3 Å². The molecule has 94 valence electrons. The van der Waals surface area contributed by atoms with E-state index in [1.165, 1.54) is 18.6 Å². The molecule has 0 unspecified atom stereocenters. The third-order valence-corrected chi connectivity index (χ3v) is 3.29. The molecule has 0 atom stereocenters. The first-order chi connectivity index (χ1) is 8.20. The molecule has 1 saturated carbocycles. The second-order valence-corrected chi connectivity index (χ2v) is 4.62. The Balaban J connectivity index is 2.14. The second-order valence-electron chi connectivity index (χ2n) is 4.62. The van der Waals surface area contributed by atoms with Crippen LogP contribution >= 0.6 is 0 Å². The maximum absolute atomic E-state index is 13.7. The first kappa shape index (κ1) is 12.3. The topological polar surface area (TPSA) is 38.0 Å². The first-order valence-electron chi connectivity index (χ1n) is 6.15. The average molecular weight is 240 g/mol. The first-order valence-corrected chi connectivity index (χ1v) is 6.15. The SMILES string of the molecule is NCc1cc(F)c(NC2CCCCC2)c(F)c1. The van der Waals surface area contributed by atoms with Crippen molar-refractivity contribution >= 4 is 5.69 Å². The van der Waals surface area contributed by atoms with E-state index in [9.17, 15) is 8.78 Å². The summed E-state index contributed by atoms with van der Waals surface area (Å²) in [6, 6.07) is 2.79. The molecule has 1 fully saturated rings. The predicted molar refractivity (Wildman–Crippen MR) is 64.7 cm³/mol. The number of nitrogens with one attached hydrogen (secondary N) is 1. The molecule has 2 rings (SSSR count).